The summed E-state index contributed by atoms with van der Waals surface area (Å²) in [7, 11) is 4.62. The van der Waals surface area contributed by atoms with Crippen molar-refractivity contribution in [3.05, 3.63) is 86.4 Å². The van der Waals surface area contributed by atoms with Crippen LogP contribution >= 0.6 is 23.2 Å². The average molecular weight is 472 g/mol. The van der Waals surface area contributed by atoms with E-state index in [0.717, 1.165) is 5.56 Å². The standard InChI is InChI=1S/C24H19Cl2NO5/c1-29-18-10-13(11-19(30-2)24(18)31-3)12-32-27-22-14-6-4-9-17(26)21(14)23(28)15-7-5-8-16(25)20(15)22/h4-11H,12H2,1-3H3/b27-22+. The van der Waals surface area contributed by atoms with E-state index in [1.807, 2.05) is 0 Å². The number of rotatable bonds is 6. The molecular weight excluding hydrogens is 453 g/mol. The Morgan fingerprint density at radius 2 is 1.41 bits per heavy atom. The third kappa shape index (κ3) is 3.76. The van der Waals surface area contributed by atoms with Crippen LogP contribution in [0.4, 0.5) is 0 Å². The van der Waals surface area contributed by atoms with Crippen molar-refractivity contribution in [3.63, 3.8) is 0 Å². The highest BCUT2D eigenvalue weighted by molar-refractivity contribution is 6.43. The lowest BCUT2D eigenvalue weighted by atomic mass is 9.83. The summed E-state index contributed by atoms with van der Waals surface area (Å²) in [4.78, 5) is 18.7. The van der Waals surface area contributed by atoms with Gasteiger partial charge in [0.25, 0.3) is 0 Å². The second-order valence-corrected chi connectivity index (χ2v) is 7.72. The number of ketones is 1. The van der Waals surface area contributed by atoms with Crippen LogP contribution in [0.3, 0.4) is 0 Å². The van der Waals surface area contributed by atoms with Crippen molar-refractivity contribution in [3.8, 4) is 17.2 Å². The van der Waals surface area contributed by atoms with Crippen LogP contribution in [0.5, 0.6) is 17.2 Å². The Kier molecular flexibility index (Phi) is 6.26. The minimum Gasteiger partial charge on any atom is -0.493 e. The summed E-state index contributed by atoms with van der Waals surface area (Å²) in [6, 6.07) is 13.9. The Morgan fingerprint density at radius 1 is 0.812 bits per heavy atom. The molecule has 1 aliphatic rings. The minimum atomic E-state index is -0.202. The van der Waals surface area contributed by atoms with Crippen molar-refractivity contribution in [2.45, 2.75) is 6.61 Å². The molecule has 0 unspecified atom stereocenters. The van der Waals surface area contributed by atoms with Crippen molar-refractivity contribution < 1.29 is 23.8 Å². The van der Waals surface area contributed by atoms with Gasteiger partial charge in [0.1, 0.15) is 12.3 Å². The molecule has 4 rings (SSSR count). The van der Waals surface area contributed by atoms with E-state index in [4.69, 9.17) is 42.3 Å². The molecule has 0 saturated heterocycles. The van der Waals surface area contributed by atoms with E-state index in [9.17, 15) is 4.79 Å². The number of fused-ring (bicyclic) bond motifs is 2. The fourth-order valence-corrected chi connectivity index (χ4v) is 4.18. The number of hydrogen-bond donors (Lipinski definition) is 0. The maximum Gasteiger partial charge on any atom is 0.203 e. The normalized spacial score (nSPS) is 13.4. The molecule has 1 aliphatic carbocycles. The van der Waals surface area contributed by atoms with Gasteiger partial charge in [-0.15, -0.1) is 0 Å². The number of halogens is 2. The average Bonchev–Trinajstić information content (AvgIpc) is 2.80. The molecule has 3 aromatic carbocycles. The van der Waals surface area contributed by atoms with E-state index in [1.54, 1.807) is 62.8 Å². The van der Waals surface area contributed by atoms with Gasteiger partial charge in [0.2, 0.25) is 5.75 Å². The first-order chi connectivity index (χ1) is 15.5. The molecule has 0 N–H and O–H groups in total. The van der Waals surface area contributed by atoms with Crippen LogP contribution in [-0.4, -0.2) is 32.8 Å². The van der Waals surface area contributed by atoms with Gasteiger partial charge in [-0.05, 0) is 29.8 Å². The summed E-state index contributed by atoms with van der Waals surface area (Å²) in [5.74, 6) is 1.30. The maximum atomic E-state index is 13.0. The molecule has 6 nitrogen and oxygen atoms in total. The minimum absolute atomic E-state index is 0.115. The van der Waals surface area contributed by atoms with E-state index >= 15 is 0 Å². The van der Waals surface area contributed by atoms with Gasteiger partial charge in [-0.25, -0.2) is 0 Å². The number of oxime groups is 1. The zero-order valence-electron chi connectivity index (χ0n) is 17.6. The summed E-state index contributed by atoms with van der Waals surface area (Å²) in [5.41, 5.74) is 3.07. The Balaban J connectivity index is 1.74. The molecule has 0 fully saturated rings. The van der Waals surface area contributed by atoms with E-state index in [2.05, 4.69) is 5.16 Å². The highest BCUT2D eigenvalue weighted by Crippen LogP contribution is 2.39. The van der Waals surface area contributed by atoms with Crippen molar-refractivity contribution in [1.29, 1.82) is 0 Å². The van der Waals surface area contributed by atoms with Gasteiger partial charge in [0.05, 0.1) is 36.9 Å². The fourth-order valence-electron chi connectivity index (χ4n) is 3.66. The monoisotopic (exact) mass is 471 g/mol. The molecule has 0 bridgehead atoms. The Morgan fingerprint density at radius 3 is 2.00 bits per heavy atom. The highest BCUT2D eigenvalue weighted by atomic mass is 35.5. The third-order valence-corrected chi connectivity index (χ3v) is 5.73. The number of methoxy groups -OCH3 is 3. The summed E-state index contributed by atoms with van der Waals surface area (Å²) in [5, 5.41) is 5.10. The second-order valence-electron chi connectivity index (χ2n) is 6.90. The molecule has 0 aliphatic heterocycles. The van der Waals surface area contributed by atoms with E-state index in [-0.39, 0.29) is 12.4 Å². The molecule has 8 heteroatoms. The first-order valence-electron chi connectivity index (χ1n) is 9.61. The predicted octanol–water partition coefficient (Wildman–Crippen LogP) is 5.53. The largest absolute Gasteiger partial charge is 0.493 e. The SMILES string of the molecule is COc1cc(CO/N=C2\c3cccc(Cl)c3C(=O)c3cccc(Cl)c32)cc(OC)c1OC. The van der Waals surface area contributed by atoms with Gasteiger partial charge in [-0.1, -0.05) is 52.6 Å². The molecule has 0 aromatic heterocycles. The molecule has 0 heterocycles. The summed E-state index contributed by atoms with van der Waals surface area (Å²) in [6.45, 7) is 0.115. The van der Waals surface area contributed by atoms with Crippen molar-refractivity contribution in [1.82, 2.24) is 0 Å². The van der Waals surface area contributed by atoms with Gasteiger partial charge < -0.3 is 19.0 Å². The van der Waals surface area contributed by atoms with Crippen LogP contribution in [0.2, 0.25) is 10.0 Å². The second kappa shape index (κ2) is 9.10. The van der Waals surface area contributed by atoms with Crippen LogP contribution < -0.4 is 14.2 Å². The number of carbonyl (C=O) groups excluding carboxylic acids is 1. The lowest BCUT2D eigenvalue weighted by Crippen LogP contribution is -2.22. The van der Waals surface area contributed by atoms with Crippen LogP contribution in [0, 0.1) is 0 Å². The molecule has 0 saturated carbocycles. The van der Waals surface area contributed by atoms with Gasteiger partial charge in [0.15, 0.2) is 17.3 Å². The number of carbonyl (C=O) groups is 1. The van der Waals surface area contributed by atoms with Crippen LogP contribution in [0.15, 0.2) is 53.7 Å². The highest BCUT2D eigenvalue weighted by Gasteiger charge is 2.32. The van der Waals surface area contributed by atoms with Crippen LogP contribution in [0.1, 0.15) is 32.6 Å². The Hall–Kier alpha value is -3.22. The number of ether oxygens (including phenoxy) is 3. The zero-order valence-corrected chi connectivity index (χ0v) is 19.1. The summed E-state index contributed by atoms with van der Waals surface area (Å²) >= 11 is 12.8. The molecular formula is C24H19Cl2NO5. The summed E-state index contributed by atoms with van der Waals surface area (Å²) < 4.78 is 16.1. The molecule has 0 atom stereocenters. The smallest absolute Gasteiger partial charge is 0.203 e. The zero-order chi connectivity index (χ0) is 22.8. The molecule has 3 aromatic rings. The fraction of sp³-hybridized carbons (Fsp3) is 0.167. The van der Waals surface area contributed by atoms with Crippen molar-refractivity contribution in [2.75, 3.05) is 21.3 Å². The molecule has 32 heavy (non-hydrogen) atoms. The number of nitrogens with zero attached hydrogens (tertiary/aromatic N) is 1. The Bertz CT molecular complexity index is 1210. The van der Waals surface area contributed by atoms with Crippen LogP contribution in [-0.2, 0) is 11.4 Å². The van der Waals surface area contributed by atoms with Crippen LogP contribution in [0.25, 0.3) is 0 Å². The lowest BCUT2D eigenvalue weighted by molar-refractivity contribution is 0.103. The molecule has 164 valence electrons. The summed E-state index contributed by atoms with van der Waals surface area (Å²) in [6.07, 6.45) is 0. The third-order valence-electron chi connectivity index (χ3n) is 5.10. The van der Waals surface area contributed by atoms with Gasteiger partial charge >= 0.3 is 0 Å². The van der Waals surface area contributed by atoms with Crippen molar-refractivity contribution >= 4 is 34.7 Å². The van der Waals surface area contributed by atoms with Crippen molar-refractivity contribution in [2.24, 2.45) is 5.16 Å². The molecule has 0 spiro atoms. The number of benzene rings is 3. The first kappa shape index (κ1) is 22.0. The van der Waals surface area contributed by atoms with E-state index < -0.39 is 0 Å². The quantitative estimate of drug-likeness (QED) is 0.345. The van der Waals surface area contributed by atoms with E-state index in [1.165, 1.54) is 7.11 Å². The lowest BCUT2D eigenvalue weighted by Gasteiger charge is -2.22. The van der Waals surface area contributed by atoms with Gasteiger partial charge in [-0.3, -0.25) is 4.79 Å². The molecule has 0 amide bonds. The van der Waals surface area contributed by atoms with Gasteiger partial charge in [0, 0.05) is 16.7 Å². The maximum absolute atomic E-state index is 13.0. The topological polar surface area (TPSA) is 66.4 Å². The number of hydrogen-bond acceptors (Lipinski definition) is 6. The van der Waals surface area contributed by atoms with E-state index in [0.29, 0.717) is 55.3 Å². The first-order valence-corrected chi connectivity index (χ1v) is 10.4. The molecule has 0 radical (unpaired) electrons. The Labute approximate surface area is 195 Å². The van der Waals surface area contributed by atoms with Gasteiger partial charge in [-0.2, -0.15) is 0 Å². The predicted molar refractivity (Wildman–Crippen MR) is 123 cm³/mol.